The molecule has 0 saturated carbocycles. The Morgan fingerprint density at radius 3 is 2.63 bits per heavy atom. The van der Waals surface area contributed by atoms with Crippen molar-refractivity contribution >= 4 is 39.7 Å². The third-order valence-corrected chi connectivity index (χ3v) is 7.90. The molecular formula is C23H21N7O3S2. The third-order valence-electron chi connectivity index (χ3n) is 5.68. The monoisotopic (exact) mass is 507 g/mol. The van der Waals surface area contributed by atoms with Crippen molar-refractivity contribution in [2.75, 3.05) is 18.0 Å². The van der Waals surface area contributed by atoms with Gasteiger partial charge in [0.05, 0.1) is 26.1 Å². The van der Waals surface area contributed by atoms with Gasteiger partial charge in [-0.1, -0.05) is 29.5 Å². The van der Waals surface area contributed by atoms with Crippen LogP contribution < -0.4 is 4.90 Å². The number of thiazole rings is 1. The van der Waals surface area contributed by atoms with E-state index in [1.54, 1.807) is 19.1 Å². The Balaban J connectivity index is 1.43. The zero-order valence-corrected chi connectivity index (χ0v) is 20.5. The van der Waals surface area contributed by atoms with Crippen LogP contribution >= 0.6 is 23.1 Å². The van der Waals surface area contributed by atoms with Crippen LogP contribution in [-0.4, -0.2) is 49.0 Å². The van der Waals surface area contributed by atoms with Gasteiger partial charge in [0.25, 0.3) is 5.69 Å². The van der Waals surface area contributed by atoms with Gasteiger partial charge in [0.1, 0.15) is 0 Å². The minimum Gasteiger partial charge on any atom is -0.348 e. The molecule has 0 N–H and O–H groups in total. The SMILES string of the molecule is Cc1nc(N2CCCCC2)sc1C(=O)c1ccc(Sc2nnnn2-c2ccccc2)c([N+](=O)[O-])c1. The van der Waals surface area contributed by atoms with Gasteiger partial charge >= 0.3 is 0 Å². The van der Waals surface area contributed by atoms with Gasteiger partial charge < -0.3 is 4.90 Å². The van der Waals surface area contributed by atoms with Crippen LogP contribution in [0.1, 0.15) is 40.2 Å². The molecule has 2 aromatic heterocycles. The van der Waals surface area contributed by atoms with Crippen LogP contribution in [0.4, 0.5) is 10.8 Å². The smallest absolute Gasteiger partial charge is 0.284 e. The number of aryl methyl sites for hydroxylation is 1. The second-order valence-electron chi connectivity index (χ2n) is 8.04. The van der Waals surface area contributed by atoms with Crippen molar-refractivity contribution in [3.63, 3.8) is 0 Å². The molecule has 10 nitrogen and oxygen atoms in total. The minimum atomic E-state index is -0.492. The molecule has 3 heterocycles. The van der Waals surface area contributed by atoms with E-state index in [4.69, 9.17) is 0 Å². The normalized spacial score (nSPS) is 13.7. The average Bonchev–Trinajstić information content (AvgIpc) is 3.51. The first-order valence-electron chi connectivity index (χ1n) is 11.1. The summed E-state index contributed by atoms with van der Waals surface area (Å²) in [6.07, 6.45) is 3.43. The van der Waals surface area contributed by atoms with E-state index in [9.17, 15) is 14.9 Å². The van der Waals surface area contributed by atoms with E-state index >= 15 is 0 Å². The number of hydrogen-bond acceptors (Lipinski definition) is 10. The maximum atomic E-state index is 13.3. The zero-order valence-electron chi connectivity index (χ0n) is 18.8. The number of piperidine rings is 1. The van der Waals surface area contributed by atoms with E-state index in [0.29, 0.717) is 20.6 Å². The summed E-state index contributed by atoms with van der Waals surface area (Å²) in [7, 11) is 0. The lowest BCUT2D eigenvalue weighted by Gasteiger charge is -2.25. The fraction of sp³-hybridized carbons (Fsp3) is 0.261. The number of nitrogens with zero attached hydrogens (tertiary/aromatic N) is 7. The highest BCUT2D eigenvalue weighted by molar-refractivity contribution is 7.99. The first-order valence-corrected chi connectivity index (χ1v) is 12.7. The molecule has 0 atom stereocenters. The number of benzene rings is 2. The number of carbonyl (C=O) groups excluding carboxylic acids is 1. The van der Waals surface area contributed by atoms with Crippen molar-refractivity contribution in [1.82, 2.24) is 25.2 Å². The number of aromatic nitrogens is 5. The fourth-order valence-electron chi connectivity index (χ4n) is 3.90. The van der Waals surface area contributed by atoms with E-state index in [-0.39, 0.29) is 17.0 Å². The second-order valence-corrected chi connectivity index (χ2v) is 10.0. The largest absolute Gasteiger partial charge is 0.348 e. The van der Waals surface area contributed by atoms with Crippen molar-refractivity contribution in [3.05, 3.63) is 74.8 Å². The van der Waals surface area contributed by atoms with Crippen molar-refractivity contribution in [1.29, 1.82) is 0 Å². The van der Waals surface area contributed by atoms with Crippen LogP contribution in [0.5, 0.6) is 0 Å². The van der Waals surface area contributed by atoms with E-state index in [0.717, 1.165) is 48.5 Å². The van der Waals surface area contributed by atoms with Crippen LogP contribution in [0.25, 0.3) is 5.69 Å². The summed E-state index contributed by atoms with van der Waals surface area (Å²) in [6.45, 7) is 3.67. The number of rotatable bonds is 7. The molecule has 2 aromatic carbocycles. The number of hydrogen-bond donors (Lipinski definition) is 0. The van der Waals surface area contributed by atoms with Crippen molar-refractivity contribution in [3.8, 4) is 5.69 Å². The van der Waals surface area contributed by atoms with E-state index < -0.39 is 4.92 Å². The van der Waals surface area contributed by atoms with Gasteiger partial charge in [0, 0.05) is 24.7 Å². The highest BCUT2D eigenvalue weighted by Crippen LogP contribution is 2.36. The molecule has 0 radical (unpaired) electrons. The van der Waals surface area contributed by atoms with Crippen LogP contribution in [0.15, 0.2) is 58.6 Å². The van der Waals surface area contributed by atoms with Crippen molar-refractivity contribution in [2.24, 2.45) is 0 Å². The molecule has 12 heteroatoms. The van der Waals surface area contributed by atoms with Gasteiger partial charge in [0.2, 0.25) is 10.9 Å². The third kappa shape index (κ3) is 4.80. The first kappa shape index (κ1) is 23.1. The molecule has 0 amide bonds. The average molecular weight is 508 g/mol. The summed E-state index contributed by atoms with van der Waals surface area (Å²) >= 11 is 2.42. The molecule has 0 unspecified atom stereocenters. The Labute approximate surface area is 209 Å². The van der Waals surface area contributed by atoms with E-state index in [1.165, 1.54) is 28.5 Å². The summed E-state index contributed by atoms with van der Waals surface area (Å²) in [5.74, 6) is -0.267. The molecular weight excluding hydrogens is 486 g/mol. The molecule has 35 heavy (non-hydrogen) atoms. The van der Waals surface area contributed by atoms with Crippen molar-refractivity contribution in [2.45, 2.75) is 36.2 Å². The Morgan fingerprint density at radius 1 is 1.11 bits per heavy atom. The number of nitro groups is 1. The predicted octanol–water partition coefficient (Wildman–Crippen LogP) is 4.71. The highest BCUT2D eigenvalue weighted by atomic mass is 32.2. The lowest BCUT2D eigenvalue weighted by Crippen LogP contribution is -2.29. The molecule has 1 aliphatic rings. The fourth-order valence-corrected chi connectivity index (χ4v) is 5.86. The number of nitro benzene ring substituents is 1. The summed E-state index contributed by atoms with van der Waals surface area (Å²) in [5.41, 5.74) is 1.45. The van der Waals surface area contributed by atoms with E-state index in [2.05, 4.69) is 25.4 Å². The Morgan fingerprint density at radius 2 is 1.89 bits per heavy atom. The van der Waals surface area contributed by atoms with Gasteiger partial charge in [-0.2, -0.15) is 4.68 Å². The molecule has 1 saturated heterocycles. The molecule has 5 rings (SSSR count). The van der Waals surface area contributed by atoms with Crippen LogP contribution in [0.3, 0.4) is 0 Å². The molecule has 4 aromatic rings. The lowest BCUT2D eigenvalue weighted by molar-refractivity contribution is -0.387. The number of tetrazole rings is 1. The van der Waals surface area contributed by atoms with Crippen molar-refractivity contribution < 1.29 is 9.72 Å². The first-order chi connectivity index (χ1) is 17.0. The summed E-state index contributed by atoms with van der Waals surface area (Å²) in [6, 6.07) is 13.8. The van der Waals surface area contributed by atoms with Crippen LogP contribution in [-0.2, 0) is 0 Å². The van der Waals surface area contributed by atoms with Crippen LogP contribution in [0, 0.1) is 17.0 Å². The minimum absolute atomic E-state index is 0.179. The summed E-state index contributed by atoms with van der Waals surface area (Å²) in [5, 5.41) is 24.8. The molecule has 0 bridgehead atoms. The molecule has 1 aliphatic heterocycles. The number of carbonyl (C=O) groups is 1. The molecule has 178 valence electrons. The quantitative estimate of drug-likeness (QED) is 0.199. The topological polar surface area (TPSA) is 120 Å². The van der Waals surface area contributed by atoms with Gasteiger partial charge in [-0.3, -0.25) is 14.9 Å². The van der Waals surface area contributed by atoms with Gasteiger partial charge in [-0.25, -0.2) is 4.98 Å². The standard InChI is InChI=1S/C23H21N7O3S2/c1-15-21(35-22(24-15)28-12-6-3-7-13-28)20(31)16-10-11-19(18(14-16)30(32)33)34-23-25-26-27-29(23)17-8-4-2-5-9-17/h2,4-5,8-11,14H,3,6-7,12-13H2,1H3. The molecule has 0 spiro atoms. The Kier molecular flexibility index (Phi) is 6.55. The van der Waals surface area contributed by atoms with Gasteiger partial charge in [0.15, 0.2) is 5.13 Å². The maximum absolute atomic E-state index is 13.3. The molecule has 1 fully saturated rings. The lowest BCUT2D eigenvalue weighted by atomic mass is 10.1. The predicted molar refractivity (Wildman–Crippen MR) is 133 cm³/mol. The Hall–Kier alpha value is -3.64. The summed E-state index contributed by atoms with van der Waals surface area (Å²) in [4.78, 5) is 32.4. The second kappa shape index (κ2) is 9.92. The molecule has 0 aliphatic carbocycles. The van der Waals surface area contributed by atoms with E-state index in [1.807, 2.05) is 30.3 Å². The maximum Gasteiger partial charge on any atom is 0.284 e. The number of ketones is 1. The summed E-state index contributed by atoms with van der Waals surface area (Å²) < 4.78 is 1.51. The number of anilines is 1. The van der Waals surface area contributed by atoms with Gasteiger partial charge in [-0.15, -0.1) is 5.10 Å². The Bertz CT molecular complexity index is 1380. The zero-order chi connectivity index (χ0) is 24.4. The van der Waals surface area contributed by atoms with Crippen LogP contribution in [0.2, 0.25) is 0 Å². The number of para-hydroxylation sites is 1. The van der Waals surface area contributed by atoms with Gasteiger partial charge in [-0.05, 0) is 72.6 Å². The highest BCUT2D eigenvalue weighted by Gasteiger charge is 2.25.